The number of nitrogens with one attached hydrogen (secondary N) is 1. The maximum atomic E-state index is 6.28. The van der Waals surface area contributed by atoms with Gasteiger partial charge in [0.15, 0.2) is 0 Å². The zero-order valence-electron chi connectivity index (χ0n) is 10.6. The second-order valence-electron chi connectivity index (χ2n) is 6.18. The van der Waals surface area contributed by atoms with Gasteiger partial charge < -0.3 is 10.1 Å². The third-order valence-corrected chi connectivity index (χ3v) is 5.45. The molecule has 92 valence electrons. The van der Waals surface area contributed by atoms with E-state index in [1.54, 1.807) is 5.57 Å². The van der Waals surface area contributed by atoms with E-state index in [1.165, 1.54) is 30.4 Å². The van der Waals surface area contributed by atoms with Crippen LogP contribution in [0, 0.1) is 0 Å². The first kappa shape index (κ1) is 9.62. The number of rotatable bonds is 0. The second-order valence-corrected chi connectivity index (χ2v) is 6.18. The summed E-state index contributed by atoms with van der Waals surface area (Å²) in [6.45, 7) is 2.31. The van der Waals surface area contributed by atoms with Gasteiger partial charge in [0, 0.05) is 17.6 Å². The molecule has 1 fully saturated rings. The zero-order valence-corrected chi connectivity index (χ0v) is 10.6. The standard InChI is InChI=1S/C16H17NO/c1-9-11-5-3-7-14-16(11)8-12(17-9)10-4-2-6-13(18-14)15(10)16/h2,4-6,9,12,14,17H,3,7-8H2,1H3. The van der Waals surface area contributed by atoms with E-state index >= 15 is 0 Å². The largest absolute Gasteiger partial charge is 0.489 e. The van der Waals surface area contributed by atoms with Crippen LogP contribution in [-0.2, 0) is 5.41 Å². The molecule has 2 heteroatoms. The lowest BCUT2D eigenvalue weighted by molar-refractivity contribution is 0.121. The van der Waals surface area contributed by atoms with Gasteiger partial charge in [-0.05, 0) is 43.4 Å². The number of piperidine rings is 1. The average molecular weight is 239 g/mol. The predicted molar refractivity (Wildman–Crippen MR) is 69.8 cm³/mol. The van der Waals surface area contributed by atoms with Crippen LogP contribution < -0.4 is 10.1 Å². The highest BCUT2D eigenvalue weighted by atomic mass is 16.5. The molecule has 2 aliphatic carbocycles. The molecule has 18 heavy (non-hydrogen) atoms. The van der Waals surface area contributed by atoms with Crippen LogP contribution in [0.3, 0.4) is 0 Å². The highest BCUT2D eigenvalue weighted by molar-refractivity contribution is 5.63. The summed E-state index contributed by atoms with van der Waals surface area (Å²) in [5.74, 6) is 1.16. The van der Waals surface area contributed by atoms with Crippen LogP contribution in [0.25, 0.3) is 0 Å². The van der Waals surface area contributed by atoms with E-state index < -0.39 is 0 Å². The number of hydrogen-bond acceptors (Lipinski definition) is 2. The van der Waals surface area contributed by atoms with E-state index in [-0.39, 0.29) is 5.41 Å². The van der Waals surface area contributed by atoms with Crippen LogP contribution in [0.15, 0.2) is 29.8 Å². The molecule has 2 heterocycles. The van der Waals surface area contributed by atoms with Crippen LogP contribution >= 0.6 is 0 Å². The lowest BCUT2D eigenvalue weighted by Gasteiger charge is -2.44. The molecule has 4 atom stereocenters. The van der Waals surface area contributed by atoms with E-state index in [2.05, 4.69) is 36.5 Å². The molecule has 1 aromatic rings. The zero-order chi connectivity index (χ0) is 11.9. The first-order valence-electron chi connectivity index (χ1n) is 7.07. The lowest BCUT2D eigenvalue weighted by atomic mass is 9.64. The molecule has 1 aromatic carbocycles. The Morgan fingerprint density at radius 1 is 1.39 bits per heavy atom. The van der Waals surface area contributed by atoms with Gasteiger partial charge in [-0.1, -0.05) is 18.2 Å². The fourth-order valence-corrected chi connectivity index (χ4v) is 4.92. The van der Waals surface area contributed by atoms with Crippen LogP contribution in [-0.4, -0.2) is 12.1 Å². The van der Waals surface area contributed by atoms with Crippen LogP contribution in [0.2, 0.25) is 0 Å². The number of allylic oxidation sites excluding steroid dienone is 1. The summed E-state index contributed by atoms with van der Waals surface area (Å²) in [6, 6.07) is 7.64. The summed E-state index contributed by atoms with van der Waals surface area (Å²) in [6.07, 6.45) is 6.42. The van der Waals surface area contributed by atoms with Crippen molar-refractivity contribution in [2.24, 2.45) is 0 Å². The molecule has 1 spiro atoms. The highest BCUT2D eigenvalue weighted by Crippen LogP contribution is 2.63. The molecule has 0 saturated carbocycles. The van der Waals surface area contributed by atoms with E-state index in [0.29, 0.717) is 18.2 Å². The first-order valence-corrected chi connectivity index (χ1v) is 7.07. The minimum atomic E-state index is 0.222. The summed E-state index contributed by atoms with van der Waals surface area (Å²) in [7, 11) is 0. The number of fused-ring (bicyclic) bond motifs is 2. The molecule has 0 aromatic heterocycles. The van der Waals surface area contributed by atoms with E-state index in [0.717, 1.165) is 5.75 Å². The van der Waals surface area contributed by atoms with Gasteiger partial charge in [-0.25, -0.2) is 0 Å². The van der Waals surface area contributed by atoms with Gasteiger partial charge in [0.25, 0.3) is 0 Å². The van der Waals surface area contributed by atoms with Crippen molar-refractivity contribution in [2.75, 3.05) is 0 Å². The Hall–Kier alpha value is -1.28. The van der Waals surface area contributed by atoms with Crippen molar-refractivity contribution < 1.29 is 4.74 Å². The van der Waals surface area contributed by atoms with Crippen molar-refractivity contribution in [1.29, 1.82) is 0 Å². The summed E-state index contributed by atoms with van der Waals surface area (Å²) in [4.78, 5) is 0. The van der Waals surface area contributed by atoms with E-state index in [9.17, 15) is 0 Å². The molecule has 0 radical (unpaired) electrons. The van der Waals surface area contributed by atoms with Crippen molar-refractivity contribution in [3.63, 3.8) is 0 Å². The minimum absolute atomic E-state index is 0.222. The van der Waals surface area contributed by atoms with Gasteiger partial charge in [0.1, 0.15) is 11.9 Å². The lowest BCUT2D eigenvalue weighted by Crippen LogP contribution is -2.51. The van der Waals surface area contributed by atoms with Gasteiger partial charge in [-0.2, -0.15) is 0 Å². The Morgan fingerprint density at radius 3 is 3.28 bits per heavy atom. The quantitative estimate of drug-likeness (QED) is 0.703. The number of ether oxygens (including phenoxy) is 1. The average Bonchev–Trinajstić information content (AvgIpc) is 2.83. The van der Waals surface area contributed by atoms with Gasteiger partial charge in [-0.15, -0.1) is 0 Å². The molecular weight excluding hydrogens is 222 g/mol. The molecular formula is C16H17NO. The summed E-state index contributed by atoms with van der Waals surface area (Å²) in [5, 5.41) is 3.78. The van der Waals surface area contributed by atoms with E-state index in [1.807, 2.05) is 0 Å². The minimum Gasteiger partial charge on any atom is -0.489 e. The van der Waals surface area contributed by atoms with Crippen LogP contribution in [0.4, 0.5) is 0 Å². The third kappa shape index (κ3) is 0.832. The maximum absolute atomic E-state index is 6.28. The van der Waals surface area contributed by atoms with Gasteiger partial charge in [-0.3, -0.25) is 0 Å². The normalized spacial score (nSPS) is 42.3. The number of benzene rings is 1. The Labute approximate surface area is 107 Å². The first-order chi connectivity index (χ1) is 8.80. The monoisotopic (exact) mass is 239 g/mol. The van der Waals surface area contributed by atoms with Crippen molar-refractivity contribution >= 4 is 0 Å². The Bertz CT molecular complexity index is 591. The molecule has 0 amide bonds. The Balaban J connectivity index is 1.89. The Morgan fingerprint density at radius 2 is 2.33 bits per heavy atom. The van der Waals surface area contributed by atoms with Gasteiger partial charge in [0.2, 0.25) is 0 Å². The van der Waals surface area contributed by atoms with Gasteiger partial charge >= 0.3 is 0 Å². The number of hydrogen-bond donors (Lipinski definition) is 1. The summed E-state index contributed by atoms with van der Waals surface area (Å²) >= 11 is 0. The van der Waals surface area contributed by atoms with Crippen LogP contribution in [0.1, 0.15) is 43.4 Å². The van der Waals surface area contributed by atoms with Crippen molar-refractivity contribution in [3.05, 3.63) is 41.0 Å². The summed E-state index contributed by atoms with van der Waals surface area (Å²) in [5.41, 5.74) is 4.83. The Kier molecular flexibility index (Phi) is 1.51. The summed E-state index contributed by atoms with van der Waals surface area (Å²) < 4.78 is 6.28. The second kappa shape index (κ2) is 2.83. The third-order valence-electron chi connectivity index (χ3n) is 5.45. The fraction of sp³-hybridized carbons (Fsp3) is 0.500. The fourth-order valence-electron chi connectivity index (χ4n) is 4.92. The molecule has 1 N–H and O–H groups in total. The molecule has 5 rings (SSSR count). The molecule has 2 nitrogen and oxygen atoms in total. The molecule has 1 saturated heterocycles. The van der Waals surface area contributed by atoms with E-state index in [4.69, 9.17) is 4.74 Å². The highest BCUT2D eigenvalue weighted by Gasteiger charge is 2.61. The van der Waals surface area contributed by atoms with Crippen LogP contribution in [0.5, 0.6) is 5.75 Å². The molecule has 2 bridgehead atoms. The topological polar surface area (TPSA) is 21.3 Å². The molecule has 2 aliphatic heterocycles. The van der Waals surface area contributed by atoms with Crippen molar-refractivity contribution in [2.45, 2.75) is 49.8 Å². The predicted octanol–water partition coefficient (Wildman–Crippen LogP) is 2.84. The maximum Gasteiger partial charge on any atom is 0.124 e. The molecule has 4 unspecified atom stereocenters. The van der Waals surface area contributed by atoms with Crippen molar-refractivity contribution in [3.8, 4) is 5.75 Å². The molecule has 4 aliphatic rings. The van der Waals surface area contributed by atoms with Gasteiger partial charge in [0.05, 0.1) is 5.41 Å². The smallest absolute Gasteiger partial charge is 0.124 e. The SMILES string of the molecule is CC1NC2CC34C1=CCCC3Oc1cccc2c14. The van der Waals surface area contributed by atoms with Crippen molar-refractivity contribution in [1.82, 2.24) is 5.32 Å².